The SMILES string of the molecule is Cc1cc(CC(=O)N(C)Cc2ccccc2)c(C)[nH]1. The fourth-order valence-corrected chi connectivity index (χ4v) is 2.21. The van der Waals surface area contributed by atoms with Gasteiger partial charge in [-0.15, -0.1) is 0 Å². The van der Waals surface area contributed by atoms with Gasteiger partial charge in [-0.2, -0.15) is 0 Å². The van der Waals surface area contributed by atoms with Crippen molar-refractivity contribution < 1.29 is 4.79 Å². The standard InChI is InChI=1S/C16H20N2O/c1-12-9-15(13(2)17-12)10-16(19)18(3)11-14-7-5-4-6-8-14/h4-9,17H,10-11H2,1-3H3. The predicted octanol–water partition coefficient (Wildman–Crippen LogP) is 2.83. The smallest absolute Gasteiger partial charge is 0.227 e. The van der Waals surface area contributed by atoms with Gasteiger partial charge in [-0.05, 0) is 31.0 Å². The highest BCUT2D eigenvalue weighted by Gasteiger charge is 2.12. The van der Waals surface area contributed by atoms with Crippen LogP contribution in [0, 0.1) is 13.8 Å². The molecule has 2 rings (SSSR count). The molecular formula is C16H20N2O. The monoisotopic (exact) mass is 256 g/mol. The van der Waals surface area contributed by atoms with E-state index in [-0.39, 0.29) is 5.91 Å². The Bertz CT molecular complexity index is 557. The molecule has 2 aromatic rings. The molecule has 100 valence electrons. The first-order chi connectivity index (χ1) is 9.06. The second-order valence-electron chi connectivity index (χ2n) is 5.01. The minimum atomic E-state index is 0.144. The van der Waals surface area contributed by atoms with Crippen molar-refractivity contribution >= 4 is 5.91 Å². The molecule has 3 nitrogen and oxygen atoms in total. The van der Waals surface area contributed by atoms with Crippen LogP contribution in [-0.2, 0) is 17.8 Å². The topological polar surface area (TPSA) is 36.1 Å². The Labute approximate surface area is 114 Å². The number of likely N-dealkylation sites (N-methyl/N-ethyl adjacent to an activating group) is 1. The fraction of sp³-hybridized carbons (Fsp3) is 0.312. The van der Waals surface area contributed by atoms with Gasteiger partial charge in [0.1, 0.15) is 0 Å². The van der Waals surface area contributed by atoms with Gasteiger partial charge in [0.15, 0.2) is 0 Å². The Balaban J connectivity index is 1.98. The number of amides is 1. The molecule has 1 aromatic heterocycles. The summed E-state index contributed by atoms with van der Waals surface area (Å²) in [4.78, 5) is 17.2. The van der Waals surface area contributed by atoms with Gasteiger partial charge in [0.2, 0.25) is 5.91 Å². The van der Waals surface area contributed by atoms with Gasteiger partial charge >= 0.3 is 0 Å². The summed E-state index contributed by atoms with van der Waals surface area (Å²) in [6, 6.07) is 12.1. The van der Waals surface area contributed by atoms with Crippen LogP contribution < -0.4 is 0 Å². The molecule has 1 aromatic carbocycles. The number of carbonyl (C=O) groups excluding carboxylic acids is 1. The summed E-state index contributed by atoms with van der Waals surface area (Å²) in [5.41, 5.74) is 4.42. The van der Waals surface area contributed by atoms with Crippen molar-refractivity contribution in [1.29, 1.82) is 0 Å². The summed E-state index contributed by atoms with van der Waals surface area (Å²) in [7, 11) is 1.85. The highest BCUT2D eigenvalue weighted by molar-refractivity contribution is 5.78. The van der Waals surface area contributed by atoms with Crippen molar-refractivity contribution in [2.75, 3.05) is 7.05 Å². The van der Waals surface area contributed by atoms with Gasteiger partial charge in [-0.3, -0.25) is 4.79 Å². The summed E-state index contributed by atoms with van der Waals surface area (Å²) in [6.45, 7) is 4.67. The molecule has 0 spiro atoms. The molecule has 0 aliphatic heterocycles. The van der Waals surface area contributed by atoms with Crippen molar-refractivity contribution in [3.8, 4) is 0 Å². The first-order valence-electron chi connectivity index (χ1n) is 6.49. The zero-order valence-corrected chi connectivity index (χ0v) is 11.7. The van der Waals surface area contributed by atoms with E-state index in [9.17, 15) is 4.79 Å². The highest BCUT2D eigenvalue weighted by atomic mass is 16.2. The number of hydrogen-bond donors (Lipinski definition) is 1. The zero-order chi connectivity index (χ0) is 13.8. The Morgan fingerprint density at radius 2 is 1.89 bits per heavy atom. The quantitative estimate of drug-likeness (QED) is 0.897. The molecule has 0 aliphatic rings. The number of aryl methyl sites for hydroxylation is 2. The zero-order valence-electron chi connectivity index (χ0n) is 11.7. The van der Waals surface area contributed by atoms with E-state index in [4.69, 9.17) is 0 Å². The van der Waals surface area contributed by atoms with Crippen molar-refractivity contribution in [3.05, 3.63) is 58.9 Å². The van der Waals surface area contributed by atoms with Crippen LogP contribution in [0.15, 0.2) is 36.4 Å². The number of nitrogens with one attached hydrogen (secondary N) is 1. The summed E-state index contributed by atoms with van der Waals surface area (Å²) >= 11 is 0. The summed E-state index contributed by atoms with van der Waals surface area (Å²) in [6.07, 6.45) is 0.458. The lowest BCUT2D eigenvalue weighted by atomic mass is 10.1. The maximum atomic E-state index is 12.2. The first kappa shape index (κ1) is 13.4. The van der Waals surface area contributed by atoms with E-state index in [0.29, 0.717) is 13.0 Å². The number of benzene rings is 1. The number of rotatable bonds is 4. The molecule has 0 saturated heterocycles. The number of aromatic amines is 1. The fourth-order valence-electron chi connectivity index (χ4n) is 2.21. The van der Waals surface area contributed by atoms with Crippen molar-refractivity contribution in [1.82, 2.24) is 9.88 Å². The highest BCUT2D eigenvalue weighted by Crippen LogP contribution is 2.12. The molecule has 1 heterocycles. The first-order valence-corrected chi connectivity index (χ1v) is 6.49. The number of hydrogen-bond acceptors (Lipinski definition) is 1. The lowest BCUT2D eigenvalue weighted by Gasteiger charge is -2.17. The summed E-state index contributed by atoms with van der Waals surface area (Å²) in [5, 5.41) is 0. The second-order valence-corrected chi connectivity index (χ2v) is 5.01. The van der Waals surface area contributed by atoms with Crippen LogP contribution in [0.5, 0.6) is 0 Å². The molecular weight excluding hydrogens is 236 g/mol. The minimum Gasteiger partial charge on any atom is -0.362 e. The maximum Gasteiger partial charge on any atom is 0.227 e. The van der Waals surface area contributed by atoms with E-state index >= 15 is 0 Å². The Morgan fingerprint density at radius 1 is 1.21 bits per heavy atom. The summed E-state index contributed by atoms with van der Waals surface area (Å²) in [5.74, 6) is 0.144. The van der Waals surface area contributed by atoms with Crippen LogP contribution in [0.2, 0.25) is 0 Å². The number of aromatic nitrogens is 1. The largest absolute Gasteiger partial charge is 0.362 e. The molecule has 1 amide bonds. The third-order valence-corrected chi connectivity index (χ3v) is 3.29. The molecule has 0 unspecified atom stereocenters. The number of H-pyrrole nitrogens is 1. The van der Waals surface area contributed by atoms with Gasteiger partial charge in [0.05, 0.1) is 6.42 Å². The Kier molecular flexibility index (Phi) is 4.05. The average Bonchev–Trinajstić information content (AvgIpc) is 2.69. The lowest BCUT2D eigenvalue weighted by molar-refractivity contribution is -0.129. The molecule has 0 atom stereocenters. The van der Waals surface area contributed by atoms with E-state index in [0.717, 1.165) is 22.5 Å². The molecule has 0 fully saturated rings. The predicted molar refractivity (Wildman–Crippen MR) is 76.9 cm³/mol. The molecule has 0 radical (unpaired) electrons. The van der Waals surface area contributed by atoms with E-state index in [1.54, 1.807) is 4.90 Å². The van der Waals surface area contributed by atoms with E-state index < -0.39 is 0 Å². The second kappa shape index (κ2) is 5.74. The summed E-state index contributed by atoms with van der Waals surface area (Å²) < 4.78 is 0. The van der Waals surface area contributed by atoms with Crippen LogP contribution in [0.25, 0.3) is 0 Å². The van der Waals surface area contributed by atoms with Gasteiger partial charge in [0.25, 0.3) is 0 Å². The number of carbonyl (C=O) groups is 1. The van der Waals surface area contributed by atoms with Crippen LogP contribution >= 0.6 is 0 Å². The molecule has 0 bridgehead atoms. The van der Waals surface area contributed by atoms with Crippen LogP contribution in [0.3, 0.4) is 0 Å². The minimum absolute atomic E-state index is 0.144. The van der Waals surface area contributed by atoms with Crippen LogP contribution in [-0.4, -0.2) is 22.8 Å². The van der Waals surface area contributed by atoms with E-state index in [1.165, 1.54) is 0 Å². The van der Waals surface area contributed by atoms with Crippen molar-refractivity contribution in [2.45, 2.75) is 26.8 Å². The third-order valence-electron chi connectivity index (χ3n) is 3.29. The number of nitrogens with zero attached hydrogens (tertiary/aromatic N) is 1. The van der Waals surface area contributed by atoms with Crippen LogP contribution in [0.1, 0.15) is 22.5 Å². The van der Waals surface area contributed by atoms with Crippen molar-refractivity contribution in [3.63, 3.8) is 0 Å². The lowest BCUT2D eigenvalue weighted by Crippen LogP contribution is -2.27. The van der Waals surface area contributed by atoms with Crippen LogP contribution in [0.4, 0.5) is 0 Å². The maximum absolute atomic E-state index is 12.2. The third kappa shape index (κ3) is 3.47. The van der Waals surface area contributed by atoms with Gasteiger partial charge in [-0.25, -0.2) is 0 Å². The molecule has 1 N–H and O–H groups in total. The molecule has 0 aliphatic carbocycles. The van der Waals surface area contributed by atoms with E-state index in [2.05, 4.69) is 4.98 Å². The molecule has 19 heavy (non-hydrogen) atoms. The van der Waals surface area contributed by atoms with E-state index in [1.807, 2.05) is 57.3 Å². The normalized spacial score (nSPS) is 10.5. The molecule has 0 saturated carbocycles. The molecule has 3 heteroatoms. The van der Waals surface area contributed by atoms with Crippen molar-refractivity contribution in [2.24, 2.45) is 0 Å². The van der Waals surface area contributed by atoms with Gasteiger partial charge < -0.3 is 9.88 Å². The van der Waals surface area contributed by atoms with Gasteiger partial charge in [0, 0.05) is 25.0 Å². The van der Waals surface area contributed by atoms with Gasteiger partial charge in [-0.1, -0.05) is 30.3 Å². The average molecular weight is 256 g/mol. The Morgan fingerprint density at radius 3 is 2.47 bits per heavy atom. The Hall–Kier alpha value is -2.03.